The van der Waals surface area contributed by atoms with E-state index in [9.17, 15) is 0 Å². The Morgan fingerprint density at radius 3 is 2.68 bits per heavy atom. The summed E-state index contributed by atoms with van der Waals surface area (Å²) in [5.41, 5.74) is 2.28. The van der Waals surface area contributed by atoms with Gasteiger partial charge >= 0.3 is 0 Å². The highest BCUT2D eigenvalue weighted by atomic mass is 79.9. The third kappa shape index (κ3) is 4.06. The van der Waals surface area contributed by atoms with Gasteiger partial charge in [-0.05, 0) is 44.5 Å². The fraction of sp³-hybridized carbons (Fsp3) is 0.357. The summed E-state index contributed by atoms with van der Waals surface area (Å²) in [5, 5.41) is 8.39. The van der Waals surface area contributed by atoms with E-state index < -0.39 is 0 Å². The van der Waals surface area contributed by atoms with Gasteiger partial charge in [0.1, 0.15) is 0 Å². The first kappa shape index (κ1) is 14.6. The number of hydrogen-bond donors (Lipinski definition) is 1. The third-order valence-corrected chi connectivity index (χ3v) is 3.34. The van der Waals surface area contributed by atoms with Gasteiger partial charge in [-0.15, -0.1) is 0 Å². The molecule has 102 valence electrons. The number of benzene rings is 1. The summed E-state index contributed by atoms with van der Waals surface area (Å²) in [7, 11) is 0. The molecule has 0 aliphatic rings. The van der Waals surface area contributed by atoms with Crippen molar-refractivity contribution in [1.82, 2.24) is 15.1 Å². The lowest BCUT2D eigenvalue weighted by atomic mass is 10.1. The molecule has 0 saturated carbocycles. The predicted octanol–water partition coefficient (Wildman–Crippen LogP) is 4.18. The van der Waals surface area contributed by atoms with Gasteiger partial charge in [-0.1, -0.05) is 27.5 Å². The summed E-state index contributed by atoms with van der Waals surface area (Å²) >= 11 is 9.45. The molecule has 0 saturated heterocycles. The molecule has 1 aromatic carbocycles. The molecule has 2 aromatic rings. The van der Waals surface area contributed by atoms with Gasteiger partial charge in [0.25, 0.3) is 0 Å². The van der Waals surface area contributed by atoms with Gasteiger partial charge in [-0.2, -0.15) is 5.10 Å². The molecule has 1 heterocycles. The Bertz CT molecular complexity index is 572. The predicted molar refractivity (Wildman–Crippen MR) is 82.9 cm³/mol. The second kappa shape index (κ2) is 5.65. The van der Waals surface area contributed by atoms with Gasteiger partial charge in [0.15, 0.2) is 0 Å². The van der Waals surface area contributed by atoms with Crippen LogP contribution in [0, 0.1) is 0 Å². The van der Waals surface area contributed by atoms with Crippen LogP contribution in [0.2, 0.25) is 5.02 Å². The molecule has 1 N–H and O–H groups in total. The van der Waals surface area contributed by atoms with E-state index in [1.54, 1.807) is 10.9 Å². The van der Waals surface area contributed by atoms with Crippen LogP contribution in [0.25, 0.3) is 5.69 Å². The molecule has 5 heteroatoms. The molecule has 0 aliphatic carbocycles. The normalized spacial score (nSPS) is 11.8. The van der Waals surface area contributed by atoms with Crippen molar-refractivity contribution in [3.63, 3.8) is 0 Å². The van der Waals surface area contributed by atoms with Crippen LogP contribution in [0.4, 0.5) is 0 Å². The van der Waals surface area contributed by atoms with Crippen LogP contribution < -0.4 is 5.32 Å². The highest BCUT2D eigenvalue weighted by Crippen LogP contribution is 2.21. The summed E-state index contributed by atoms with van der Waals surface area (Å²) in [6.07, 6.45) is 3.45. The fourth-order valence-electron chi connectivity index (χ4n) is 1.71. The Kier molecular flexibility index (Phi) is 4.33. The second-order valence-electron chi connectivity index (χ2n) is 5.48. The van der Waals surface area contributed by atoms with Crippen molar-refractivity contribution in [2.45, 2.75) is 32.9 Å². The van der Waals surface area contributed by atoms with Crippen molar-refractivity contribution in [2.75, 3.05) is 0 Å². The fourth-order valence-corrected chi connectivity index (χ4v) is 2.26. The molecular formula is C14H17BrClN3. The maximum Gasteiger partial charge on any atom is 0.0790 e. The zero-order valence-corrected chi connectivity index (χ0v) is 13.6. The highest BCUT2D eigenvalue weighted by molar-refractivity contribution is 9.10. The SMILES string of the molecule is CC(C)(C)NCc1cc(Br)ccc1-n1cc(Cl)cn1. The van der Waals surface area contributed by atoms with Gasteiger partial charge in [-0.25, -0.2) is 4.68 Å². The average molecular weight is 343 g/mol. The zero-order valence-electron chi connectivity index (χ0n) is 11.2. The van der Waals surface area contributed by atoms with Crippen LogP contribution in [0.5, 0.6) is 0 Å². The minimum Gasteiger partial charge on any atom is -0.308 e. The molecule has 19 heavy (non-hydrogen) atoms. The molecule has 0 spiro atoms. The molecule has 3 nitrogen and oxygen atoms in total. The smallest absolute Gasteiger partial charge is 0.0790 e. The summed E-state index contributed by atoms with van der Waals surface area (Å²) in [5.74, 6) is 0. The van der Waals surface area contributed by atoms with Gasteiger partial charge < -0.3 is 5.32 Å². The largest absolute Gasteiger partial charge is 0.308 e. The number of hydrogen-bond acceptors (Lipinski definition) is 2. The van der Waals surface area contributed by atoms with Crippen molar-refractivity contribution in [1.29, 1.82) is 0 Å². The van der Waals surface area contributed by atoms with E-state index in [-0.39, 0.29) is 5.54 Å². The second-order valence-corrected chi connectivity index (χ2v) is 6.83. The van der Waals surface area contributed by atoms with E-state index in [0.717, 1.165) is 16.7 Å². The molecule has 0 radical (unpaired) electrons. The van der Waals surface area contributed by atoms with Crippen molar-refractivity contribution in [3.8, 4) is 5.69 Å². The van der Waals surface area contributed by atoms with E-state index in [2.05, 4.69) is 53.2 Å². The van der Waals surface area contributed by atoms with Crippen molar-refractivity contribution in [3.05, 3.63) is 45.7 Å². The van der Waals surface area contributed by atoms with Gasteiger partial charge in [-0.3, -0.25) is 0 Å². The minimum absolute atomic E-state index is 0.0708. The van der Waals surface area contributed by atoms with E-state index >= 15 is 0 Å². The number of nitrogens with one attached hydrogen (secondary N) is 1. The molecule has 0 fully saturated rings. The Morgan fingerprint density at radius 2 is 2.11 bits per heavy atom. The van der Waals surface area contributed by atoms with Crippen molar-refractivity contribution < 1.29 is 0 Å². The maximum absolute atomic E-state index is 5.94. The van der Waals surface area contributed by atoms with Crippen molar-refractivity contribution in [2.24, 2.45) is 0 Å². The first-order valence-electron chi connectivity index (χ1n) is 6.09. The topological polar surface area (TPSA) is 29.9 Å². The molecule has 0 amide bonds. The van der Waals surface area contributed by atoms with Gasteiger partial charge in [0.2, 0.25) is 0 Å². The first-order valence-corrected chi connectivity index (χ1v) is 7.26. The average Bonchev–Trinajstić information content (AvgIpc) is 2.72. The lowest BCUT2D eigenvalue weighted by Gasteiger charge is -2.21. The summed E-state index contributed by atoms with van der Waals surface area (Å²) < 4.78 is 2.86. The Morgan fingerprint density at radius 1 is 1.37 bits per heavy atom. The van der Waals surface area contributed by atoms with E-state index in [1.165, 1.54) is 5.56 Å². The molecule has 0 atom stereocenters. The monoisotopic (exact) mass is 341 g/mol. The zero-order chi connectivity index (χ0) is 14.0. The quantitative estimate of drug-likeness (QED) is 0.907. The van der Waals surface area contributed by atoms with Gasteiger partial charge in [0, 0.05) is 22.8 Å². The Labute approximate surface area is 127 Å². The number of aromatic nitrogens is 2. The lowest BCUT2D eigenvalue weighted by Crippen LogP contribution is -2.35. The van der Waals surface area contributed by atoms with Crippen LogP contribution >= 0.6 is 27.5 Å². The van der Waals surface area contributed by atoms with E-state index in [1.807, 2.05) is 18.3 Å². The molecule has 0 bridgehead atoms. The standard InChI is InChI=1S/C14H17BrClN3/c1-14(2,3)17-7-10-6-11(15)4-5-13(10)19-9-12(16)8-18-19/h4-6,8-9,17H,7H2,1-3H3. The Hall–Kier alpha value is -0.840. The van der Waals surface area contributed by atoms with Gasteiger partial charge in [0.05, 0.1) is 16.9 Å². The number of nitrogens with zero attached hydrogens (tertiary/aromatic N) is 2. The van der Waals surface area contributed by atoms with Crippen molar-refractivity contribution >= 4 is 27.5 Å². The summed E-state index contributed by atoms with van der Waals surface area (Å²) in [6.45, 7) is 7.22. The lowest BCUT2D eigenvalue weighted by molar-refractivity contribution is 0.424. The molecule has 2 rings (SSSR count). The van der Waals surface area contributed by atoms with Crippen LogP contribution in [-0.4, -0.2) is 15.3 Å². The number of halogens is 2. The molecule has 1 aromatic heterocycles. The third-order valence-electron chi connectivity index (χ3n) is 2.65. The highest BCUT2D eigenvalue weighted by Gasteiger charge is 2.12. The van der Waals surface area contributed by atoms with Crippen LogP contribution in [0.3, 0.4) is 0 Å². The molecule has 0 unspecified atom stereocenters. The molecule has 0 aliphatic heterocycles. The first-order chi connectivity index (χ1) is 8.85. The summed E-state index contributed by atoms with van der Waals surface area (Å²) in [4.78, 5) is 0. The number of rotatable bonds is 3. The maximum atomic E-state index is 5.94. The van der Waals surface area contributed by atoms with E-state index in [4.69, 9.17) is 11.6 Å². The van der Waals surface area contributed by atoms with Crippen LogP contribution in [-0.2, 0) is 6.54 Å². The van der Waals surface area contributed by atoms with Crippen LogP contribution in [0.15, 0.2) is 35.1 Å². The Balaban J connectivity index is 2.33. The minimum atomic E-state index is 0.0708. The van der Waals surface area contributed by atoms with Crippen LogP contribution in [0.1, 0.15) is 26.3 Å². The summed E-state index contributed by atoms with van der Waals surface area (Å²) in [6, 6.07) is 6.14. The molecular weight excluding hydrogens is 326 g/mol. The van der Waals surface area contributed by atoms with E-state index in [0.29, 0.717) is 5.02 Å².